The van der Waals surface area contributed by atoms with Gasteiger partial charge in [0.15, 0.2) is 0 Å². The second kappa shape index (κ2) is 12.4. The van der Waals surface area contributed by atoms with Gasteiger partial charge in [-0.3, -0.25) is 0 Å². The summed E-state index contributed by atoms with van der Waals surface area (Å²) in [5, 5.41) is 2.52. The van der Waals surface area contributed by atoms with Crippen molar-refractivity contribution in [2.45, 2.75) is 69.6 Å². The van der Waals surface area contributed by atoms with Crippen LogP contribution in [0.5, 0.6) is 11.5 Å². The molecule has 0 amide bonds. The Morgan fingerprint density at radius 2 is 1.46 bits per heavy atom. The second-order valence-corrected chi connectivity index (χ2v) is 7.64. The summed E-state index contributed by atoms with van der Waals surface area (Å²) in [7, 11) is 0. The van der Waals surface area contributed by atoms with E-state index in [1.54, 1.807) is 0 Å². The van der Waals surface area contributed by atoms with Crippen molar-refractivity contribution in [2.75, 3.05) is 13.2 Å². The fraction of sp³-hybridized carbons (Fsp3) is 0.565. The summed E-state index contributed by atoms with van der Waals surface area (Å²) in [5.74, 6) is 2.01. The third-order valence-corrected chi connectivity index (χ3v) is 5.48. The van der Waals surface area contributed by atoms with Crippen molar-refractivity contribution >= 4 is 33.4 Å². The number of benzene rings is 2. The molecule has 0 atom stereocenters. The lowest BCUT2D eigenvalue weighted by atomic mass is 10.0. The number of rotatable bonds is 13. The molecule has 144 valence electrons. The molecular formula is C23H33IO2. The van der Waals surface area contributed by atoms with E-state index in [0.717, 1.165) is 42.0 Å². The zero-order valence-electron chi connectivity index (χ0n) is 16.4. The van der Waals surface area contributed by atoms with E-state index in [9.17, 15) is 0 Å². The van der Waals surface area contributed by atoms with E-state index in [1.807, 2.05) is 0 Å². The maximum Gasteiger partial charge on any atom is 0.123 e. The first kappa shape index (κ1) is 21.3. The van der Waals surface area contributed by atoms with Crippen LogP contribution in [0, 0.1) is 0 Å². The van der Waals surface area contributed by atoms with Crippen LogP contribution in [0.15, 0.2) is 30.3 Å². The van der Waals surface area contributed by atoms with Crippen LogP contribution in [-0.2, 0) is 4.43 Å². The Hall–Kier alpha value is -0.970. The number of ether oxygens (including phenoxy) is 2. The van der Waals surface area contributed by atoms with Crippen molar-refractivity contribution in [1.82, 2.24) is 0 Å². The summed E-state index contributed by atoms with van der Waals surface area (Å²) >= 11 is 2.43. The summed E-state index contributed by atoms with van der Waals surface area (Å²) in [6.45, 7) is 6.09. The van der Waals surface area contributed by atoms with Crippen molar-refractivity contribution < 1.29 is 9.47 Å². The minimum Gasteiger partial charge on any atom is -0.494 e. The van der Waals surface area contributed by atoms with Gasteiger partial charge in [-0.15, -0.1) is 0 Å². The van der Waals surface area contributed by atoms with E-state index in [1.165, 1.54) is 54.9 Å². The normalized spacial score (nSPS) is 11.0. The summed E-state index contributed by atoms with van der Waals surface area (Å²) in [5.41, 5.74) is 1.30. The second-order valence-electron chi connectivity index (χ2n) is 6.88. The molecule has 0 saturated heterocycles. The molecular weight excluding hydrogens is 435 g/mol. The minimum atomic E-state index is 0.809. The zero-order chi connectivity index (χ0) is 18.6. The summed E-state index contributed by atoms with van der Waals surface area (Å²) < 4.78 is 13.0. The predicted octanol–water partition coefficient (Wildman–Crippen LogP) is 7.69. The molecule has 2 aromatic carbocycles. The van der Waals surface area contributed by atoms with Crippen molar-refractivity contribution in [3.8, 4) is 11.5 Å². The quantitative estimate of drug-likeness (QED) is 0.170. The molecule has 0 aromatic heterocycles. The SMILES string of the molecule is CCCCCCOc1ccc2c(CI)c(OCCCCCC)ccc2c1. The smallest absolute Gasteiger partial charge is 0.123 e. The minimum absolute atomic E-state index is 0.809. The molecule has 0 fully saturated rings. The molecule has 0 aliphatic heterocycles. The zero-order valence-corrected chi connectivity index (χ0v) is 18.5. The predicted molar refractivity (Wildman–Crippen MR) is 121 cm³/mol. The topological polar surface area (TPSA) is 18.5 Å². The summed E-state index contributed by atoms with van der Waals surface area (Å²) in [4.78, 5) is 0. The van der Waals surface area contributed by atoms with Gasteiger partial charge in [0, 0.05) is 9.99 Å². The molecule has 0 spiro atoms. The first-order chi connectivity index (χ1) is 12.8. The average molecular weight is 468 g/mol. The molecule has 0 unspecified atom stereocenters. The van der Waals surface area contributed by atoms with Gasteiger partial charge in [0.05, 0.1) is 13.2 Å². The molecule has 2 rings (SSSR count). The molecule has 0 saturated carbocycles. The van der Waals surface area contributed by atoms with Crippen LogP contribution >= 0.6 is 22.6 Å². The highest BCUT2D eigenvalue weighted by Gasteiger charge is 2.09. The van der Waals surface area contributed by atoms with Crippen molar-refractivity contribution in [2.24, 2.45) is 0 Å². The monoisotopic (exact) mass is 468 g/mol. The highest BCUT2D eigenvalue weighted by molar-refractivity contribution is 14.1. The highest BCUT2D eigenvalue weighted by atomic mass is 127. The van der Waals surface area contributed by atoms with Gasteiger partial charge in [0.2, 0.25) is 0 Å². The van der Waals surface area contributed by atoms with Gasteiger partial charge in [-0.25, -0.2) is 0 Å². The number of alkyl halides is 1. The summed E-state index contributed by atoms with van der Waals surface area (Å²) in [6.07, 6.45) is 9.89. The standard InChI is InChI=1S/C23H33IO2/c1-3-5-7-9-15-25-20-12-13-21-19(17-20)11-14-23(22(21)18-24)26-16-10-8-6-4-2/h11-14,17H,3-10,15-16,18H2,1-2H3. The maximum atomic E-state index is 6.08. The molecule has 2 nitrogen and oxygen atoms in total. The van der Waals surface area contributed by atoms with Gasteiger partial charge in [-0.1, -0.05) is 87.1 Å². The molecule has 0 heterocycles. The largest absolute Gasteiger partial charge is 0.494 e. The van der Waals surface area contributed by atoms with Crippen LogP contribution in [0.25, 0.3) is 10.8 Å². The fourth-order valence-corrected chi connectivity index (χ4v) is 3.93. The Balaban J connectivity index is 2.00. The van der Waals surface area contributed by atoms with Gasteiger partial charge in [0.1, 0.15) is 11.5 Å². The van der Waals surface area contributed by atoms with Crippen molar-refractivity contribution in [1.29, 1.82) is 0 Å². The maximum absolute atomic E-state index is 6.08. The van der Waals surface area contributed by atoms with E-state index in [4.69, 9.17) is 9.47 Å². The number of hydrogen-bond acceptors (Lipinski definition) is 2. The van der Waals surface area contributed by atoms with Gasteiger partial charge in [0.25, 0.3) is 0 Å². The Kier molecular flexibility index (Phi) is 10.2. The van der Waals surface area contributed by atoms with Crippen molar-refractivity contribution in [3.63, 3.8) is 0 Å². The lowest BCUT2D eigenvalue weighted by molar-refractivity contribution is 0.303. The fourth-order valence-electron chi connectivity index (χ4n) is 3.14. The molecule has 0 aliphatic carbocycles. The van der Waals surface area contributed by atoms with Gasteiger partial charge >= 0.3 is 0 Å². The molecule has 0 aliphatic rings. The summed E-state index contributed by atoms with van der Waals surface area (Å²) in [6, 6.07) is 10.7. The lowest BCUT2D eigenvalue weighted by Gasteiger charge is -2.14. The third kappa shape index (κ3) is 6.64. The van der Waals surface area contributed by atoms with Crippen LogP contribution in [0.3, 0.4) is 0 Å². The first-order valence-electron chi connectivity index (χ1n) is 10.2. The van der Waals surface area contributed by atoms with Crippen LogP contribution in [0.4, 0.5) is 0 Å². The molecule has 2 aromatic rings. The van der Waals surface area contributed by atoms with Crippen LogP contribution in [0.2, 0.25) is 0 Å². The number of halogens is 1. The Morgan fingerprint density at radius 1 is 0.769 bits per heavy atom. The lowest BCUT2D eigenvalue weighted by Crippen LogP contribution is -2.00. The number of hydrogen-bond donors (Lipinski definition) is 0. The molecule has 0 radical (unpaired) electrons. The Morgan fingerprint density at radius 3 is 2.12 bits per heavy atom. The number of unbranched alkanes of at least 4 members (excludes halogenated alkanes) is 6. The molecule has 3 heteroatoms. The van der Waals surface area contributed by atoms with Crippen LogP contribution in [0.1, 0.15) is 70.8 Å². The van der Waals surface area contributed by atoms with Crippen LogP contribution < -0.4 is 9.47 Å². The molecule has 0 N–H and O–H groups in total. The van der Waals surface area contributed by atoms with Gasteiger partial charge in [-0.2, -0.15) is 0 Å². The third-order valence-electron chi connectivity index (χ3n) is 4.72. The Labute approximate surface area is 172 Å². The van der Waals surface area contributed by atoms with E-state index < -0.39 is 0 Å². The van der Waals surface area contributed by atoms with E-state index in [-0.39, 0.29) is 0 Å². The molecule has 0 bridgehead atoms. The number of fused-ring (bicyclic) bond motifs is 1. The van der Waals surface area contributed by atoms with Gasteiger partial charge in [-0.05, 0) is 41.8 Å². The van der Waals surface area contributed by atoms with Crippen molar-refractivity contribution in [3.05, 3.63) is 35.9 Å². The molecule has 26 heavy (non-hydrogen) atoms. The van der Waals surface area contributed by atoms with Gasteiger partial charge < -0.3 is 9.47 Å². The van der Waals surface area contributed by atoms with E-state index >= 15 is 0 Å². The van der Waals surface area contributed by atoms with E-state index in [0.29, 0.717) is 0 Å². The highest BCUT2D eigenvalue weighted by Crippen LogP contribution is 2.32. The first-order valence-corrected chi connectivity index (χ1v) is 11.7. The van der Waals surface area contributed by atoms with Crippen LogP contribution in [-0.4, -0.2) is 13.2 Å². The average Bonchev–Trinajstić information content (AvgIpc) is 2.67. The van der Waals surface area contributed by atoms with E-state index in [2.05, 4.69) is 66.8 Å². The Bertz CT molecular complexity index is 654.